The van der Waals surface area contributed by atoms with Gasteiger partial charge in [0.1, 0.15) is 0 Å². The van der Waals surface area contributed by atoms with Crippen molar-refractivity contribution in [2.45, 2.75) is 44.3 Å². The van der Waals surface area contributed by atoms with Gasteiger partial charge in [0, 0.05) is 12.2 Å². The van der Waals surface area contributed by atoms with Gasteiger partial charge in [-0.2, -0.15) is 17.9 Å². The second kappa shape index (κ2) is 6.46. The molecule has 0 saturated heterocycles. The van der Waals surface area contributed by atoms with Crippen molar-refractivity contribution in [2.75, 3.05) is 6.61 Å². The van der Waals surface area contributed by atoms with E-state index in [-0.39, 0.29) is 12.2 Å². The van der Waals surface area contributed by atoms with Gasteiger partial charge < -0.3 is 4.74 Å². The summed E-state index contributed by atoms with van der Waals surface area (Å²) >= 11 is 0. The number of alkyl halides is 3. The lowest BCUT2D eigenvalue weighted by atomic mass is 10.0. The predicted octanol–water partition coefficient (Wildman–Crippen LogP) is 3.49. The minimum Gasteiger partial charge on any atom is -0.348 e. The highest BCUT2D eigenvalue weighted by Crippen LogP contribution is 2.41. The summed E-state index contributed by atoms with van der Waals surface area (Å²) in [5.74, 6) is 0. The van der Waals surface area contributed by atoms with E-state index in [1.165, 1.54) is 31.2 Å². The maximum absolute atomic E-state index is 13.7. The van der Waals surface area contributed by atoms with Crippen molar-refractivity contribution in [3.63, 3.8) is 0 Å². The van der Waals surface area contributed by atoms with Crippen molar-refractivity contribution < 1.29 is 22.1 Å². The number of benzene rings is 1. The first-order valence-corrected chi connectivity index (χ1v) is 7.65. The third-order valence-electron chi connectivity index (χ3n) is 2.73. The van der Waals surface area contributed by atoms with Gasteiger partial charge in [-0.3, -0.25) is 0 Å². The number of hydrogen-bond donors (Lipinski definition) is 1. The highest BCUT2D eigenvalue weighted by Gasteiger charge is 2.59. The Balaban J connectivity index is 3.37. The van der Waals surface area contributed by atoms with E-state index in [0.717, 1.165) is 0 Å². The second-order valence-electron chi connectivity index (χ2n) is 5.46. The van der Waals surface area contributed by atoms with Gasteiger partial charge >= 0.3 is 6.18 Å². The zero-order chi connectivity index (χ0) is 16.3. The summed E-state index contributed by atoms with van der Waals surface area (Å²) in [6, 6.07) is 7.18. The lowest BCUT2D eigenvalue weighted by Gasteiger charge is -2.37. The van der Waals surface area contributed by atoms with Crippen molar-refractivity contribution in [3.8, 4) is 0 Å². The minimum atomic E-state index is -4.76. The average molecular weight is 323 g/mol. The van der Waals surface area contributed by atoms with Crippen LogP contribution >= 0.6 is 0 Å². The monoisotopic (exact) mass is 323 g/mol. The van der Waals surface area contributed by atoms with Crippen LogP contribution in [0.5, 0.6) is 0 Å². The van der Waals surface area contributed by atoms with Crippen LogP contribution in [-0.4, -0.2) is 21.7 Å². The molecule has 0 aliphatic heterocycles. The van der Waals surface area contributed by atoms with Gasteiger partial charge in [0.2, 0.25) is 0 Å². The van der Waals surface area contributed by atoms with Crippen LogP contribution in [0.3, 0.4) is 0 Å². The van der Waals surface area contributed by atoms with E-state index in [4.69, 9.17) is 4.74 Å². The van der Waals surface area contributed by atoms with Crippen LogP contribution in [-0.2, 0) is 21.4 Å². The Morgan fingerprint density at radius 2 is 1.67 bits per heavy atom. The molecule has 7 heteroatoms. The number of nitrogens with one attached hydrogen (secondary N) is 1. The highest BCUT2D eigenvalue weighted by atomic mass is 32.2. The van der Waals surface area contributed by atoms with E-state index in [1.807, 2.05) is 0 Å². The molecule has 0 heterocycles. The molecule has 1 N–H and O–H groups in total. The van der Waals surface area contributed by atoms with Crippen LogP contribution in [0.25, 0.3) is 0 Å². The van der Waals surface area contributed by atoms with Gasteiger partial charge in [-0.25, -0.2) is 4.21 Å². The molecule has 0 bridgehead atoms. The minimum absolute atomic E-state index is 0.128. The number of halogens is 3. The molecule has 1 rings (SSSR count). The van der Waals surface area contributed by atoms with Gasteiger partial charge in [-0.15, -0.1) is 0 Å². The smallest absolute Gasteiger partial charge is 0.348 e. The highest BCUT2D eigenvalue weighted by molar-refractivity contribution is 7.84. The molecule has 2 atom stereocenters. The molecule has 0 spiro atoms. The molecule has 0 aromatic heterocycles. The second-order valence-corrected chi connectivity index (χ2v) is 7.43. The molecule has 1 unspecified atom stereocenters. The van der Waals surface area contributed by atoms with Crippen LogP contribution in [0, 0.1) is 0 Å². The third-order valence-corrected chi connectivity index (χ3v) is 4.32. The third kappa shape index (κ3) is 4.05. The van der Waals surface area contributed by atoms with Crippen LogP contribution in [0.1, 0.15) is 33.3 Å². The molecule has 120 valence electrons. The van der Waals surface area contributed by atoms with E-state index < -0.39 is 27.6 Å². The number of rotatable bonds is 5. The van der Waals surface area contributed by atoms with Gasteiger partial charge in [-0.1, -0.05) is 30.3 Å². The molecular weight excluding hydrogens is 303 g/mol. The first-order valence-electron chi connectivity index (χ1n) is 6.50. The zero-order valence-electron chi connectivity index (χ0n) is 12.5. The van der Waals surface area contributed by atoms with Gasteiger partial charge in [0.25, 0.3) is 5.72 Å². The molecule has 0 aliphatic rings. The normalized spacial score (nSPS) is 17.3. The zero-order valence-corrected chi connectivity index (χ0v) is 13.3. The maximum atomic E-state index is 13.7. The van der Waals surface area contributed by atoms with E-state index in [0.29, 0.717) is 0 Å². The summed E-state index contributed by atoms with van der Waals surface area (Å²) in [4.78, 5) is 0. The molecule has 21 heavy (non-hydrogen) atoms. The molecule has 0 radical (unpaired) electrons. The average Bonchev–Trinajstić information content (AvgIpc) is 2.36. The summed E-state index contributed by atoms with van der Waals surface area (Å²) in [7, 11) is -1.95. The summed E-state index contributed by atoms with van der Waals surface area (Å²) < 4.78 is 59.5. The molecule has 0 fully saturated rings. The SMILES string of the molecule is CCOC(N[S@@](=O)C(C)(C)C)(c1ccccc1)C(F)(F)F. The fourth-order valence-corrected chi connectivity index (χ4v) is 2.51. The van der Waals surface area contributed by atoms with E-state index in [1.54, 1.807) is 26.8 Å². The Hall–Kier alpha value is -0.920. The molecule has 0 amide bonds. The molecule has 0 saturated carbocycles. The summed E-state index contributed by atoms with van der Waals surface area (Å²) in [6.07, 6.45) is -4.76. The summed E-state index contributed by atoms with van der Waals surface area (Å²) in [5, 5.41) is 0. The largest absolute Gasteiger partial charge is 0.436 e. The Labute approximate surface area is 125 Å². The fraction of sp³-hybridized carbons (Fsp3) is 0.571. The van der Waals surface area contributed by atoms with Crippen molar-refractivity contribution in [1.82, 2.24) is 4.72 Å². The van der Waals surface area contributed by atoms with Crippen LogP contribution < -0.4 is 4.72 Å². The lowest BCUT2D eigenvalue weighted by molar-refractivity contribution is -0.289. The molecule has 1 aromatic rings. The van der Waals surface area contributed by atoms with Crippen LogP contribution in [0.2, 0.25) is 0 Å². The van der Waals surface area contributed by atoms with Crippen molar-refractivity contribution in [1.29, 1.82) is 0 Å². The fourth-order valence-electron chi connectivity index (χ4n) is 1.65. The Morgan fingerprint density at radius 1 is 1.14 bits per heavy atom. The molecule has 1 aromatic carbocycles. The molecule has 3 nitrogen and oxygen atoms in total. The van der Waals surface area contributed by atoms with Crippen molar-refractivity contribution >= 4 is 11.0 Å². The summed E-state index contributed by atoms with van der Waals surface area (Å²) in [5.41, 5.74) is -2.92. The van der Waals surface area contributed by atoms with E-state index in [9.17, 15) is 17.4 Å². The van der Waals surface area contributed by atoms with Crippen molar-refractivity contribution in [2.24, 2.45) is 0 Å². The Kier molecular flexibility index (Phi) is 5.57. The standard InChI is InChI=1S/C14H20F3NO2S/c1-5-20-13(14(15,16)17,11-9-7-6-8-10-11)18-21(19)12(2,3)4/h6-10,18H,5H2,1-4H3/t13?,21-/m0/s1. The topological polar surface area (TPSA) is 38.3 Å². The summed E-state index contributed by atoms with van der Waals surface area (Å²) in [6.45, 7) is 6.06. The first kappa shape index (κ1) is 18.1. The van der Waals surface area contributed by atoms with Gasteiger partial charge in [-0.05, 0) is 27.7 Å². The van der Waals surface area contributed by atoms with Crippen LogP contribution in [0.4, 0.5) is 13.2 Å². The van der Waals surface area contributed by atoms with Gasteiger partial charge in [0.05, 0.1) is 15.7 Å². The van der Waals surface area contributed by atoms with Crippen molar-refractivity contribution in [3.05, 3.63) is 35.9 Å². The number of hydrogen-bond acceptors (Lipinski definition) is 2. The Morgan fingerprint density at radius 3 is 2.05 bits per heavy atom. The van der Waals surface area contributed by atoms with E-state index >= 15 is 0 Å². The first-order chi connectivity index (χ1) is 9.54. The Bertz CT molecular complexity index is 485. The number of ether oxygens (including phenoxy) is 1. The molecule has 0 aliphatic carbocycles. The maximum Gasteiger partial charge on any atom is 0.436 e. The molecular formula is C14H20F3NO2S. The quantitative estimate of drug-likeness (QED) is 0.843. The lowest BCUT2D eigenvalue weighted by Crippen LogP contribution is -2.58. The van der Waals surface area contributed by atoms with E-state index in [2.05, 4.69) is 4.72 Å². The van der Waals surface area contributed by atoms with Crippen LogP contribution in [0.15, 0.2) is 30.3 Å². The predicted molar refractivity (Wildman–Crippen MR) is 76.8 cm³/mol. The van der Waals surface area contributed by atoms with Gasteiger partial charge in [0.15, 0.2) is 0 Å².